The standard InChI is InChI=1S/C22H24N4O5/c1-30-16-5-2-13(3-6-16)12-26-8-9-31-19(22(26)29)18(27)21(28)25-15-4-7-17-14(10-15)11-24-20(17)23/h2-7,10,18-19,27H,8-9,11-12H2,1H3,(H2,23,24)(H,25,28)/t18-,19-/m1/s1. The van der Waals surface area contributed by atoms with Gasteiger partial charge >= 0.3 is 0 Å². The maximum atomic E-state index is 12.8. The number of rotatable bonds is 6. The number of amides is 2. The second kappa shape index (κ2) is 8.75. The Labute approximate surface area is 179 Å². The van der Waals surface area contributed by atoms with Crippen LogP contribution < -0.4 is 15.4 Å². The molecular formula is C22H24N4O5. The van der Waals surface area contributed by atoms with Gasteiger partial charge in [0.05, 0.1) is 13.7 Å². The maximum Gasteiger partial charge on any atom is 0.256 e. The first-order valence-corrected chi connectivity index (χ1v) is 9.94. The SMILES string of the molecule is COc1ccc(CN2CCO[C@H]([C@@H](O)C(=O)Nc3ccc4c(c3)CNC4=N)C2=O)cc1. The molecule has 1 saturated heterocycles. The third kappa shape index (κ3) is 4.37. The monoisotopic (exact) mass is 424 g/mol. The minimum Gasteiger partial charge on any atom is -0.497 e. The number of fused-ring (bicyclic) bond motifs is 1. The van der Waals surface area contributed by atoms with Crippen LogP contribution in [0, 0.1) is 5.41 Å². The number of amidine groups is 1. The summed E-state index contributed by atoms with van der Waals surface area (Å²) in [6, 6.07) is 12.5. The summed E-state index contributed by atoms with van der Waals surface area (Å²) in [5.41, 5.74) is 3.05. The lowest BCUT2D eigenvalue weighted by atomic mass is 10.1. The van der Waals surface area contributed by atoms with E-state index < -0.39 is 24.0 Å². The Morgan fingerprint density at radius 2 is 2.13 bits per heavy atom. The quantitative estimate of drug-likeness (QED) is 0.545. The Hall–Kier alpha value is -3.43. The highest BCUT2D eigenvalue weighted by molar-refractivity contribution is 6.02. The zero-order valence-electron chi connectivity index (χ0n) is 17.1. The molecule has 0 aromatic heterocycles. The Balaban J connectivity index is 1.40. The maximum absolute atomic E-state index is 12.8. The molecule has 162 valence electrons. The molecule has 31 heavy (non-hydrogen) atoms. The number of benzene rings is 2. The van der Waals surface area contributed by atoms with Gasteiger partial charge < -0.3 is 30.1 Å². The largest absolute Gasteiger partial charge is 0.497 e. The predicted molar refractivity (Wildman–Crippen MR) is 113 cm³/mol. The van der Waals surface area contributed by atoms with Crippen LogP contribution in [0.4, 0.5) is 5.69 Å². The van der Waals surface area contributed by atoms with Gasteiger partial charge in [0.2, 0.25) is 0 Å². The Bertz CT molecular complexity index is 1010. The van der Waals surface area contributed by atoms with E-state index in [1.165, 1.54) is 0 Å². The van der Waals surface area contributed by atoms with Crippen molar-refractivity contribution in [3.63, 3.8) is 0 Å². The van der Waals surface area contributed by atoms with Gasteiger partial charge in [-0.15, -0.1) is 0 Å². The Morgan fingerprint density at radius 3 is 2.87 bits per heavy atom. The van der Waals surface area contributed by atoms with Crippen molar-refractivity contribution in [2.45, 2.75) is 25.3 Å². The van der Waals surface area contributed by atoms with E-state index in [0.29, 0.717) is 31.2 Å². The summed E-state index contributed by atoms with van der Waals surface area (Å²) in [4.78, 5) is 27.0. The van der Waals surface area contributed by atoms with E-state index in [2.05, 4.69) is 10.6 Å². The van der Waals surface area contributed by atoms with E-state index in [1.807, 2.05) is 24.3 Å². The molecule has 2 aliphatic rings. The molecule has 2 aliphatic heterocycles. The van der Waals surface area contributed by atoms with Crippen LogP contribution in [0.5, 0.6) is 5.75 Å². The van der Waals surface area contributed by atoms with Gasteiger partial charge in [0.15, 0.2) is 12.2 Å². The van der Waals surface area contributed by atoms with Crippen molar-refractivity contribution in [3.8, 4) is 5.75 Å². The number of nitrogens with zero attached hydrogens (tertiary/aromatic N) is 1. The average molecular weight is 424 g/mol. The fraction of sp³-hybridized carbons (Fsp3) is 0.318. The lowest BCUT2D eigenvalue weighted by Crippen LogP contribution is -2.54. The lowest BCUT2D eigenvalue weighted by Gasteiger charge is -2.34. The number of nitrogens with one attached hydrogen (secondary N) is 3. The number of aliphatic hydroxyl groups excluding tert-OH is 1. The van der Waals surface area contributed by atoms with Crippen LogP contribution in [-0.2, 0) is 27.4 Å². The van der Waals surface area contributed by atoms with Crippen molar-refractivity contribution in [1.29, 1.82) is 5.41 Å². The minimum atomic E-state index is -1.64. The molecule has 0 aliphatic carbocycles. The first-order valence-electron chi connectivity index (χ1n) is 9.94. The van der Waals surface area contributed by atoms with E-state index in [-0.39, 0.29) is 6.61 Å². The Morgan fingerprint density at radius 1 is 1.35 bits per heavy atom. The van der Waals surface area contributed by atoms with Crippen molar-refractivity contribution in [3.05, 3.63) is 59.2 Å². The van der Waals surface area contributed by atoms with Gasteiger partial charge in [0.25, 0.3) is 11.8 Å². The van der Waals surface area contributed by atoms with Crippen LogP contribution in [0.2, 0.25) is 0 Å². The molecule has 0 saturated carbocycles. The zero-order valence-corrected chi connectivity index (χ0v) is 17.1. The normalized spacial score (nSPS) is 18.9. The molecule has 1 fully saturated rings. The fourth-order valence-electron chi connectivity index (χ4n) is 3.68. The predicted octanol–water partition coefficient (Wildman–Crippen LogP) is 0.851. The third-order valence-corrected chi connectivity index (χ3v) is 5.40. The van der Waals surface area contributed by atoms with Crippen LogP contribution >= 0.6 is 0 Å². The highest BCUT2D eigenvalue weighted by Gasteiger charge is 2.38. The topological polar surface area (TPSA) is 124 Å². The van der Waals surface area contributed by atoms with Gasteiger partial charge in [-0.05, 0) is 41.5 Å². The molecule has 0 radical (unpaired) electrons. The van der Waals surface area contributed by atoms with Crippen molar-refractivity contribution >= 4 is 23.3 Å². The number of ether oxygens (including phenoxy) is 2. The summed E-state index contributed by atoms with van der Waals surface area (Å²) in [5.74, 6) is -0.0887. The highest BCUT2D eigenvalue weighted by Crippen LogP contribution is 2.21. The molecule has 0 unspecified atom stereocenters. The van der Waals surface area contributed by atoms with Crippen molar-refractivity contribution in [2.24, 2.45) is 0 Å². The third-order valence-electron chi connectivity index (χ3n) is 5.40. The van der Waals surface area contributed by atoms with Crippen LogP contribution in [0.25, 0.3) is 0 Å². The van der Waals surface area contributed by atoms with Crippen LogP contribution in [0.15, 0.2) is 42.5 Å². The minimum absolute atomic E-state index is 0.226. The average Bonchev–Trinajstić information content (AvgIpc) is 3.15. The van der Waals surface area contributed by atoms with Crippen LogP contribution in [0.3, 0.4) is 0 Å². The number of hydrogen-bond donors (Lipinski definition) is 4. The second-order valence-corrected chi connectivity index (χ2v) is 7.43. The summed E-state index contributed by atoms with van der Waals surface area (Å²) in [6.45, 7) is 1.45. The molecule has 9 nitrogen and oxygen atoms in total. The van der Waals surface area contributed by atoms with Gasteiger partial charge in [-0.3, -0.25) is 15.0 Å². The van der Waals surface area contributed by atoms with E-state index in [9.17, 15) is 14.7 Å². The summed E-state index contributed by atoms with van der Waals surface area (Å²) >= 11 is 0. The van der Waals surface area contributed by atoms with Gasteiger partial charge in [-0.25, -0.2) is 0 Å². The van der Waals surface area contributed by atoms with E-state index >= 15 is 0 Å². The molecule has 0 spiro atoms. The number of methoxy groups -OCH3 is 1. The molecular weight excluding hydrogens is 400 g/mol. The molecule has 2 heterocycles. The van der Waals surface area contributed by atoms with E-state index in [4.69, 9.17) is 14.9 Å². The van der Waals surface area contributed by atoms with Gasteiger partial charge in [0.1, 0.15) is 11.6 Å². The first-order chi connectivity index (χ1) is 15.0. The van der Waals surface area contributed by atoms with Gasteiger partial charge in [0, 0.05) is 30.9 Å². The van der Waals surface area contributed by atoms with Crippen LogP contribution in [-0.4, -0.2) is 60.1 Å². The second-order valence-electron chi connectivity index (χ2n) is 7.43. The number of hydrogen-bond acceptors (Lipinski definition) is 6. The van der Waals surface area contributed by atoms with Crippen molar-refractivity contribution in [1.82, 2.24) is 10.2 Å². The van der Waals surface area contributed by atoms with Gasteiger partial charge in [-0.2, -0.15) is 0 Å². The number of morpholine rings is 1. The van der Waals surface area contributed by atoms with E-state index in [0.717, 1.165) is 22.4 Å². The van der Waals surface area contributed by atoms with E-state index in [1.54, 1.807) is 30.2 Å². The fourth-order valence-corrected chi connectivity index (χ4v) is 3.68. The highest BCUT2D eigenvalue weighted by atomic mass is 16.5. The van der Waals surface area contributed by atoms with Gasteiger partial charge in [-0.1, -0.05) is 12.1 Å². The number of anilines is 1. The molecule has 4 rings (SSSR count). The molecule has 9 heteroatoms. The summed E-state index contributed by atoms with van der Waals surface area (Å²) < 4.78 is 10.6. The summed E-state index contributed by atoms with van der Waals surface area (Å²) in [7, 11) is 1.59. The molecule has 2 aromatic rings. The molecule has 4 N–H and O–H groups in total. The molecule has 2 atom stereocenters. The summed E-state index contributed by atoms with van der Waals surface area (Å²) in [6.07, 6.45) is -2.91. The smallest absolute Gasteiger partial charge is 0.256 e. The first kappa shape index (κ1) is 20.8. The zero-order chi connectivity index (χ0) is 22.0. The van der Waals surface area contributed by atoms with Crippen molar-refractivity contribution < 1.29 is 24.2 Å². The molecule has 2 aromatic carbocycles. The molecule has 0 bridgehead atoms. The molecule has 2 amide bonds. The Kier molecular flexibility index (Phi) is 5.88. The van der Waals surface area contributed by atoms with Crippen molar-refractivity contribution in [2.75, 3.05) is 25.6 Å². The summed E-state index contributed by atoms with van der Waals surface area (Å²) in [5, 5.41) is 23.8. The lowest BCUT2D eigenvalue weighted by molar-refractivity contribution is -0.166. The van der Waals surface area contributed by atoms with Crippen LogP contribution in [0.1, 0.15) is 16.7 Å². The number of carbonyl (C=O) groups is 2. The number of carbonyl (C=O) groups excluding carboxylic acids is 2. The number of aliphatic hydroxyl groups is 1.